The predicted octanol–water partition coefficient (Wildman–Crippen LogP) is 4.65. The van der Waals surface area contributed by atoms with Crippen molar-refractivity contribution in [3.05, 3.63) is 75.7 Å². The van der Waals surface area contributed by atoms with Gasteiger partial charge in [0, 0.05) is 18.7 Å². The lowest BCUT2D eigenvalue weighted by Gasteiger charge is -2.24. The second-order valence-corrected chi connectivity index (χ2v) is 7.60. The number of aryl methyl sites for hydroxylation is 2. The van der Waals surface area contributed by atoms with Crippen molar-refractivity contribution >= 4 is 22.6 Å². The van der Waals surface area contributed by atoms with Crippen molar-refractivity contribution in [2.45, 2.75) is 19.6 Å². The fraction of sp³-hybridized carbons (Fsp3) is 0.227. The van der Waals surface area contributed by atoms with Crippen LogP contribution in [0.5, 0.6) is 0 Å². The van der Waals surface area contributed by atoms with Gasteiger partial charge < -0.3 is 9.32 Å². The molecule has 0 N–H and O–H groups in total. The van der Waals surface area contributed by atoms with Crippen molar-refractivity contribution in [1.29, 1.82) is 0 Å². The monoisotopic (exact) mass is 473 g/mol. The van der Waals surface area contributed by atoms with Crippen LogP contribution in [0.2, 0.25) is 0 Å². The van der Waals surface area contributed by atoms with Crippen molar-refractivity contribution < 1.29 is 27.3 Å². The molecule has 3 aromatic heterocycles. The highest BCUT2D eigenvalue weighted by Crippen LogP contribution is 2.30. The van der Waals surface area contributed by atoms with Crippen LogP contribution in [0.4, 0.5) is 18.9 Å². The molecule has 0 aliphatic carbocycles. The zero-order valence-electron chi connectivity index (χ0n) is 18.0. The van der Waals surface area contributed by atoms with Gasteiger partial charge in [-0.2, -0.15) is 18.3 Å². The molecule has 34 heavy (non-hydrogen) atoms. The number of benzene rings is 1. The van der Waals surface area contributed by atoms with Crippen molar-refractivity contribution in [3.63, 3.8) is 0 Å². The van der Waals surface area contributed by atoms with Crippen LogP contribution in [-0.4, -0.2) is 43.2 Å². The molecule has 176 valence electrons. The summed E-state index contributed by atoms with van der Waals surface area (Å²) in [6, 6.07) is 9.92. The number of rotatable bonds is 6. The van der Waals surface area contributed by atoms with Crippen molar-refractivity contribution in [1.82, 2.24) is 19.7 Å². The highest BCUT2D eigenvalue weighted by atomic mass is 19.4. The standard InChI is InChI=1S/C22H18F3N5O4/c1-13-19-15(10-16(18-8-5-9-34-18)26-20(19)28(2)27-13)21(31)29(12-22(23,24)25)11-14-6-3-4-7-17(14)30(32)33/h3-10H,11-12H2,1-2H3. The van der Waals surface area contributed by atoms with E-state index in [4.69, 9.17) is 4.42 Å². The Hall–Kier alpha value is -4.22. The van der Waals surface area contributed by atoms with Gasteiger partial charge in [-0.25, -0.2) is 4.98 Å². The third kappa shape index (κ3) is 4.47. The third-order valence-electron chi connectivity index (χ3n) is 5.18. The Morgan fingerprint density at radius 1 is 1.24 bits per heavy atom. The molecule has 0 saturated heterocycles. The number of nitro benzene ring substituents is 1. The fourth-order valence-electron chi connectivity index (χ4n) is 3.78. The first-order valence-corrected chi connectivity index (χ1v) is 10.0. The number of carbonyl (C=O) groups excluding carboxylic acids is 1. The lowest BCUT2D eigenvalue weighted by Crippen LogP contribution is -2.38. The highest BCUT2D eigenvalue weighted by molar-refractivity contribution is 6.07. The second kappa shape index (κ2) is 8.61. The number of hydrogen-bond acceptors (Lipinski definition) is 6. The molecule has 0 unspecified atom stereocenters. The molecule has 0 aliphatic rings. The minimum Gasteiger partial charge on any atom is -0.463 e. The van der Waals surface area contributed by atoms with Gasteiger partial charge in [-0.15, -0.1) is 0 Å². The third-order valence-corrected chi connectivity index (χ3v) is 5.18. The first-order chi connectivity index (χ1) is 16.0. The molecule has 0 spiro atoms. The molecular formula is C22H18F3N5O4. The number of halogens is 3. The average Bonchev–Trinajstić information content (AvgIpc) is 3.40. The predicted molar refractivity (Wildman–Crippen MR) is 115 cm³/mol. The number of amides is 1. The Morgan fingerprint density at radius 3 is 2.62 bits per heavy atom. The maximum absolute atomic E-state index is 13.6. The SMILES string of the molecule is Cc1nn(C)c2nc(-c3ccco3)cc(C(=O)N(Cc3ccccc3[N+](=O)[O-])CC(F)(F)F)c12. The van der Waals surface area contributed by atoms with E-state index in [2.05, 4.69) is 10.1 Å². The van der Waals surface area contributed by atoms with Crippen LogP contribution >= 0.6 is 0 Å². The summed E-state index contributed by atoms with van der Waals surface area (Å²) in [6.07, 6.45) is -3.33. The summed E-state index contributed by atoms with van der Waals surface area (Å²) in [5.41, 5.74) is 0.455. The Bertz CT molecular complexity index is 1380. The van der Waals surface area contributed by atoms with Gasteiger partial charge in [0.2, 0.25) is 0 Å². The quantitative estimate of drug-likeness (QED) is 0.298. The largest absolute Gasteiger partial charge is 0.463 e. The Balaban J connectivity index is 1.86. The second-order valence-electron chi connectivity index (χ2n) is 7.60. The van der Waals surface area contributed by atoms with Crippen molar-refractivity contribution in [2.24, 2.45) is 7.05 Å². The van der Waals surface area contributed by atoms with E-state index >= 15 is 0 Å². The molecule has 0 bridgehead atoms. The molecule has 0 atom stereocenters. The van der Waals surface area contributed by atoms with E-state index in [0.29, 0.717) is 16.4 Å². The van der Waals surface area contributed by atoms with Gasteiger partial charge in [-0.05, 0) is 25.1 Å². The number of alkyl halides is 3. The van der Waals surface area contributed by atoms with Gasteiger partial charge in [0.05, 0.1) is 34.4 Å². The number of nitro groups is 1. The van der Waals surface area contributed by atoms with Crippen molar-refractivity contribution in [2.75, 3.05) is 6.54 Å². The zero-order chi connectivity index (χ0) is 24.6. The molecule has 4 rings (SSSR count). The van der Waals surface area contributed by atoms with E-state index in [1.54, 1.807) is 26.1 Å². The lowest BCUT2D eigenvalue weighted by molar-refractivity contribution is -0.385. The number of aromatic nitrogens is 3. The number of hydrogen-bond donors (Lipinski definition) is 0. The summed E-state index contributed by atoms with van der Waals surface area (Å²) in [6.45, 7) is -0.602. The molecule has 0 saturated carbocycles. The topological polar surface area (TPSA) is 107 Å². The molecule has 0 radical (unpaired) electrons. The maximum atomic E-state index is 13.6. The summed E-state index contributed by atoms with van der Waals surface area (Å²) in [5.74, 6) is -0.650. The first-order valence-electron chi connectivity index (χ1n) is 10.0. The number of para-hydroxylation sites is 1. The molecule has 1 amide bonds. The molecule has 3 heterocycles. The molecule has 0 aliphatic heterocycles. The zero-order valence-corrected chi connectivity index (χ0v) is 18.0. The highest BCUT2D eigenvalue weighted by Gasteiger charge is 2.35. The van der Waals surface area contributed by atoms with Crippen LogP contribution in [0.1, 0.15) is 21.6 Å². The summed E-state index contributed by atoms with van der Waals surface area (Å²) < 4.78 is 47.2. The van der Waals surface area contributed by atoms with E-state index in [1.165, 1.54) is 41.3 Å². The van der Waals surface area contributed by atoms with Crippen LogP contribution in [0, 0.1) is 17.0 Å². The van der Waals surface area contributed by atoms with Crippen LogP contribution < -0.4 is 0 Å². The first kappa shape index (κ1) is 23.0. The van der Waals surface area contributed by atoms with E-state index in [0.717, 1.165) is 0 Å². The van der Waals surface area contributed by atoms with Gasteiger partial charge in [0.15, 0.2) is 11.4 Å². The summed E-state index contributed by atoms with van der Waals surface area (Å²) in [5, 5.41) is 15.9. The van der Waals surface area contributed by atoms with Crippen molar-refractivity contribution in [3.8, 4) is 11.5 Å². The van der Waals surface area contributed by atoms with E-state index < -0.39 is 30.1 Å². The molecule has 0 fully saturated rings. The fourth-order valence-corrected chi connectivity index (χ4v) is 3.78. The van der Waals surface area contributed by atoms with Crippen LogP contribution in [0.3, 0.4) is 0 Å². The van der Waals surface area contributed by atoms with Crippen LogP contribution in [0.25, 0.3) is 22.5 Å². The molecule has 12 heteroatoms. The summed E-state index contributed by atoms with van der Waals surface area (Å²) in [4.78, 5) is 29.2. The molecule has 1 aromatic carbocycles. The van der Waals surface area contributed by atoms with E-state index in [9.17, 15) is 28.1 Å². The van der Waals surface area contributed by atoms with Gasteiger partial charge in [0.25, 0.3) is 11.6 Å². The van der Waals surface area contributed by atoms with Crippen LogP contribution in [-0.2, 0) is 13.6 Å². The van der Waals surface area contributed by atoms with E-state index in [1.807, 2.05) is 0 Å². The van der Waals surface area contributed by atoms with Gasteiger partial charge in [0.1, 0.15) is 12.2 Å². The average molecular weight is 473 g/mol. The van der Waals surface area contributed by atoms with Crippen LogP contribution in [0.15, 0.2) is 53.1 Å². The number of carbonyl (C=O) groups is 1. The number of nitrogens with zero attached hydrogens (tertiary/aromatic N) is 5. The number of furan rings is 1. The lowest BCUT2D eigenvalue weighted by atomic mass is 10.1. The minimum atomic E-state index is -4.74. The smallest absolute Gasteiger partial charge is 0.406 e. The Kier molecular flexibility index (Phi) is 5.82. The van der Waals surface area contributed by atoms with Gasteiger partial charge >= 0.3 is 6.18 Å². The van der Waals surface area contributed by atoms with E-state index in [-0.39, 0.29) is 33.5 Å². The number of fused-ring (bicyclic) bond motifs is 1. The minimum absolute atomic E-state index is 0.0235. The Morgan fingerprint density at radius 2 is 1.97 bits per heavy atom. The van der Waals surface area contributed by atoms with Gasteiger partial charge in [-0.1, -0.05) is 18.2 Å². The molecule has 4 aromatic rings. The summed E-state index contributed by atoms with van der Waals surface area (Å²) >= 11 is 0. The molecule has 9 nitrogen and oxygen atoms in total. The van der Waals surface area contributed by atoms with Gasteiger partial charge in [-0.3, -0.25) is 19.6 Å². The Labute approximate surface area is 190 Å². The normalized spacial score (nSPS) is 11.7. The maximum Gasteiger partial charge on any atom is 0.406 e. The number of pyridine rings is 1. The molecular weight excluding hydrogens is 455 g/mol. The summed E-state index contributed by atoms with van der Waals surface area (Å²) in [7, 11) is 1.60.